The van der Waals surface area contributed by atoms with Gasteiger partial charge >= 0.3 is 0 Å². The Morgan fingerprint density at radius 1 is 1.11 bits per heavy atom. The number of allylic oxidation sites excluding steroid dienone is 1. The van der Waals surface area contributed by atoms with Crippen LogP contribution in [0.2, 0.25) is 0 Å². The second-order valence-electron chi connectivity index (χ2n) is 8.73. The van der Waals surface area contributed by atoms with Gasteiger partial charge in [0.25, 0.3) is 0 Å². The summed E-state index contributed by atoms with van der Waals surface area (Å²) in [5, 5.41) is 61.4. The molecule has 0 aromatic carbocycles. The zero-order valence-electron chi connectivity index (χ0n) is 16.6. The molecule has 0 aromatic heterocycles. The van der Waals surface area contributed by atoms with E-state index in [9.17, 15) is 35.4 Å². The van der Waals surface area contributed by atoms with Crippen molar-refractivity contribution < 1.29 is 44.9 Å². The molecule has 0 radical (unpaired) electrons. The Hall–Kier alpha value is -0.910. The summed E-state index contributed by atoms with van der Waals surface area (Å²) >= 11 is 0. The van der Waals surface area contributed by atoms with Crippen LogP contribution in [0.1, 0.15) is 40.5 Å². The minimum Gasteiger partial charge on any atom is -0.394 e. The van der Waals surface area contributed by atoms with E-state index in [1.807, 2.05) is 0 Å². The lowest BCUT2D eigenvalue weighted by Gasteiger charge is -2.56. The molecule has 0 unspecified atom stereocenters. The minimum absolute atomic E-state index is 0.0375. The van der Waals surface area contributed by atoms with Crippen molar-refractivity contribution >= 4 is 5.78 Å². The van der Waals surface area contributed by atoms with E-state index in [2.05, 4.69) is 0 Å². The molecule has 2 rings (SSSR count). The van der Waals surface area contributed by atoms with Gasteiger partial charge in [-0.3, -0.25) is 4.79 Å². The van der Waals surface area contributed by atoms with Crippen LogP contribution in [-0.2, 0) is 14.3 Å². The maximum absolute atomic E-state index is 11.3. The van der Waals surface area contributed by atoms with Crippen LogP contribution in [0.15, 0.2) is 12.2 Å². The summed E-state index contributed by atoms with van der Waals surface area (Å²) in [5.41, 5.74) is -4.29. The van der Waals surface area contributed by atoms with E-state index in [4.69, 9.17) is 9.47 Å². The first-order valence-corrected chi connectivity index (χ1v) is 9.36. The highest BCUT2D eigenvalue weighted by molar-refractivity contribution is 5.87. The number of carbonyl (C=O) groups is 1. The second-order valence-corrected chi connectivity index (χ2v) is 8.73. The van der Waals surface area contributed by atoms with Gasteiger partial charge in [0.2, 0.25) is 0 Å². The molecule has 8 atom stereocenters. The molecule has 0 aromatic rings. The van der Waals surface area contributed by atoms with Crippen LogP contribution < -0.4 is 0 Å². The molecule has 2 aliphatic rings. The summed E-state index contributed by atoms with van der Waals surface area (Å²) in [7, 11) is 0. The van der Waals surface area contributed by atoms with E-state index in [1.165, 1.54) is 26.0 Å². The topological polar surface area (TPSA) is 157 Å². The molecule has 0 amide bonds. The predicted molar refractivity (Wildman–Crippen MR) is 97.0 cm³/mol. The van der Waals surface area contributed by atoms with E-state index < -0.39 is 60.0 Å². The van der Waals surface area contributed by atoms with Crippen molar-refractivity contribution in [2.45, 2.75) is 88.5 Å². The molecule has 162 valence electrons. The highest BCUT2D eigenvalue weighted by atomic mass is 16.7. The molecular weight excluding hydrogens is 372 g/mol. The van der Waals surface area contributed by atoms with Gasteiger partial charge in [-0.1, -0.05) is 13.8 Å². The molecule has 1 saturated heterocycles. The average Bonchev–Trinajstić information content (AvgIpc) is 2.57. The van der Waals surface area contributed by atoms with Crippen molar-refractivity contribution in [3.63, 3.8) is 0 Å². The average molecular weight is 404 g/mol. The molecule has 6 N–H and O–H groups in total. The van der Waals surface area contributed by atoms with E-state index in [0.717, 1.165) is 0 Å². The zero-order valence-corrected chi connectivity index (χ0v) is 16.6. The molecular formula is C19H32O9. The van der Waals surface area contributed by atoms with Crippen molar-refractivity contribution in [2.75, 3.05) is 6.61 Å². The number of hydrogen-bond donors (Lipinski definition) is 6. The first-order chi connectivity index (χ1) is 12.8. The Morgan fingerprint density at radius 2 is 1.71 bits per heavy atom. The Kier molecular flexibility index (Phi) is 6.74. The summed E-state index contributed by atoms with van der Waals surface area (Å²) in [6.45, 7) is 5.63. The Bertz CT molecular complexity index is 580. The lowest BCUT2D eigenvalue weighted by Crippen LogP contribution is -2.66. The second kappa shape index (κ2) is 8.08. The highest BCUT2D eigenvalue weighted by Gasteiger charge is 2.59. The number of aliphatic hydroxyl groups is 6. The number of ether oxygens (including phenoxy) is 2. The predicted octanol–water partition coefficient (Wildman–Crippen LogP) is -1.38. The van der Waals surface area contributed by atoms with Crippen molar-refractivity contribution in [3.8, 4) is 0 Å². The first-order valence-electron chi connectivity index (χ1n) is 9.36. The fraction of sp³-hybridized carbons (Fsp3) is 0.842. The quantitative estimate of drug-likeness (QED) is 0.304. The molecule has 0 bridgehead atoms. The summed E-state index contributed by atoms with van der Waals surface area (Å²) in [4.78, 5) is 11.3. The maximum Gasteiger partial charge on any atom is 0.186 e. The van der Waals surface area contributed by atoms with Crippen LogP contribution in [0.3, 0.4) is 0 Å². The molecule has 9 nitrogen and oxygen atoms in total. The Morgan fingerprint density at radius 3 is 2.21 bits per heavy atom. The van der Waals surface area contributed by atoms with Gasteiger partial charge in [-0.15, -0.1) is 0 Å². The van der Waals surface area contributed by atoms with E-state index in [0.29, 0.717) is 0 Å². The van der Waals surface area contributed by atoms with Gasteiger partial charge in [0.05, 0.1) is 18.3 Å². The number of carbonyl (C=O) groups excluding carboxylic acids is 1. The molecule has 28 heavy (non-hydrogen) atoms. The van der Waals surface area contributed by atoms with E-state index in [-0.39, 0.29) is 18.6 Å². The van der Waals surface area contributed by atoms with Crippen molar-refractivity contribution in [3.05, 3.63) is 12.2 Å². The van der Waals surface area contributed by atoms with Gasteiger partial charge in [0.15, 0.2) is 12.1 Å². The van der Waals surface area contributed by atoms with Crippen LogP contribution in [0.25, 0.3) is 0 Å². The lowest BCUT2D eigenvalue weighted by atomic mass is 9.57. The molecule has 1 aliphatic heterocycles. The Labute approximate surface area is 164 Å². The van der Waals surface area contributed by atoms with Crippen LogP contribution in [0, 0.1) is 5.41 Å². The third-order valence-corrected chi connectivity index (χ3v) is 5.95. The monoisotopic (exact) mass is 404 g/mol. The molecule has 1 heterocycles. The smallest absolute Gasteiger partial charge is 0.186 e. The molecule has 1 saturated carbocycles. The zero-order chi connectivity index (χ0) is 21.5. The lowest BCUT2D eigenvalue weighted by molar-refractivity contribution is -0.326. The number of ketones is 1. The van der Waals surface area contributed by atoms with Gasteiger partial charge in [0, 0.05) is 11.8 Å². The molecule has 9 heteroatoms. The summed E-state index contributed by atoms with van der Waals surface area (Å²) < 4.78 is 11.1. The summed E-state index contributed by atoms with van der Waals surface area (Å²) in [6.07, 6.45) is -4.98. The summed E-state index contributed by atoms with van der Waals surface area (Å²) in [6, 6.07) is 0. The highest BCUT2D eigenvalue weighted by Crippen LogP contribution is 2.51. The first kappa shape index (κ1) is 23.4. The SMILES string of the molecule is CC(=O)/C=C/[C@@]1(O)C(C)(C)C[C@@H](O[C@@H]2O[C@H](CO)[C@@H](O)[C@H](O)[C@H]2O)C[C@]1(C)O. The molecule has 0 spiro atoms. The third-order valence-electron chi connectivity index (χ3n) is 5.95. The van der Waals surface area contributed by atoms with Gasteiger partial charge < -0.3 is 40.1 Å². The third kappa shape index (κ3) is 4.17. The normalized spacial score (nSPS) is 46.6. The van der Waals surface area contributed by atoms with E-state index in [1.54, 1.807) is 13.8 Å². The maximum atomic E-state index is 11.3. The molecule has 2 fully saturated rings. The Balaban J connectivity index is 2.21. The van der Waals surface area contributed by atoms with Gasteiger partial charge in [-0.2, -0.15) is 0 Å². The number of aliphatic hydroxyl groups excluding tert-OH is 4. The standard InChI is InChI=1S/C19H32O9/c1-10(21)5-6-19(26)17(2,3)7-11(8-18(19,4)25)27-16-15(24)14(23)13(22)12(9-20)28-16/h5-6,11-16,20,22-26H,7-9H2,1-4H3/b6-5+/t11-,12-,13-,14+,15-,16-,18+,19-/m1/s1. The van der Waals surface area contributed by atoms with Crippen LogP contribution >= 0.6 is 0 Å². The van der Waals surface area contributed by atoms with E-state index >= 15 is 0 Å². The number of hydrogen-bond acceptors (Lipinski definition) is 9. The minimum atomic E-state index is -1.71. The van der Waals surface area contributed by atoms with Crippen LogP contribution in [0.4, 0.5) is 0 Å². The van der Waals surface area contributed by atoms with Crippen LogP contribution in [0.5, 0.6) is 0 Å². The molecule has 1 aliphatic carbocycles. The summed E-state index contributed by atoms with van der Waals surface area (Å²) in [5.74, 6) is -0.264. The van der Waals surface area contributed by atoms with Crippen LogP contribution in [-0.4, -0.2) is 91.0 Å². The van der Waals surface area contributed by atoms with Crippen molar-refractivity contribution in [1.29, 1.82) is 0 Å². The van der Waals surface area contributed by atoms with Crippen molar-refractivity contribution in [1.82, 2.24) is 0 Å². The van der Waals surface area contributed by atoms with Gasteiger partial charge in [-0.05, 0) is 32.4 Å². The van der Waals surface area contributed by atoms with Gasteiger partial charge in [-0.25, -0.2) is 0 Å². The fourth-order valence-corrected chi connectivity index (χ4v) is 4.23. The largest absolute Gasteiger partial charge is 0.394 e. The van der Waals surface area contributed by atoms with Crippen molar-refractivity contribution in [2.24, 2.45) is 5.41 Å². The fourth-order valence-electron chi connectivity index (χ4n) is 4.23. The van der Waals surface area contributed by atoms with Gasteiger partial charge in [0.1, 0.15) is 30.0 Å². The number of rotatable bonds is 5.